The van der Waals surface area contributed by atoms with E-state index in [1.54, 1.807) is 0 Å². The number of rotatable bonds is 5. The molecule has 0 spiro atoms. The number of ether oxygens (including phenoxy) is 1. The molecule has 0 saturated carbocycles. The van der Waals surface area contributed by atoms with Crippen molar-refractivity contribution >= 4 is 23.2 Å². The van der Waals surface area contributed by atoms with Crippen LogP contribution in [0.15, 0.2) is 42.5 Å². The van der Waals surface area contributed by atoms with Gasteiger partial charge in [-0.25, -0.2) is 0 Å². The topological polar surface area (TPSA) is 32.7 Å². The second kappa shape index (κ2) is 7.34. The molecule has 0 heterocycles. The van der Waals surface area contributed by atoms with Crippen LogP contribution >= 0.6 is 12.4 Å². The number of aliphatic hydroxyl groups excluding tert-OH is 1. The summed E-state index contributed by atoms with van der Waals surface area (Å²) in [5, 5.41) is 12.0. The maximum absolute atomic E-state index is 9.79. The van der Waals surface area contributed by atoms with E-state index in [1.165, 1.54) is 0 Å². The fourth-order valence-electron chi connectivity index (χ4n) is 1.98. The molecule has 1 atom stereocenters. The third-order valence-electron chi connectivity index (χ3n) is 2.76. The van der Waals surface area contributed by atoms with Gasteiger partial charge in [0.15, 0.2) is 0 Å². The van der Waals surface area contributed by atoms with E-state index in [2.05, 4.69) is 12.1 Å². The third kappa shape index (κ3) is 4.39. The Labute approximate surface area is 120 Å². The Bertz CT molecular complexity index is 511. The van der Waals surface area contributed by atoms with Crippen LogP contribution in [0.2, 0.25) is 0 Å². The first-order valence-corrected chi connectivity index (χ1v) is 6.10. The highest BCUT2D eigenvalue weighted by Crippen LogP contribution is 2.25. The predicted molar refractivity (Wildman–Crippen MR) is 81.3 cm³/mol. The molecule has 0 aromatic heterocycles. The smallest absolute Gasteiger partial charge is 0.127 e. The van der Waals surface area contributed by atoms with Crippen molar-refractivity contribution in [2.24, 2.45) is 0 Å². The Morgan fingerprint density at radius 3 is 2.53 bits per heavy atom. The SMILES string of the molecule is CN(C)CC(O)COc1cccc2ccccc12.Cl. The first-order chi connectivity index (χ1) is 8.66. The molecule has 19 heavy (non-hydrogen) atoms. The second-order valence-electron chi connectivity index (χ2n) is 4.70. The fraction of sp³-hybridized carbons (Fsp3) is 0.333. The van der Waals surface area contributed by atoms with Gasteiger partial charge in [0.25, 0.3) is 0 Å². The third-order valence-corrected chi connectivity index (χ3v) is 2.76. The van der Waals surface area contributed by atoms with E-state index in [0.29, 0.717) is 13.2 Å². The van der Waals surface area contributed by atoms with Gasteiger partial charge in [-0.2, -0.15) is 0 Å². The van der Waals surface area contributed by atoms with Crippen molar-refractivity contribution in [3.63, 3.8) is 0 Å². The molecule has 0 aliphatic carbocycles. The lowest BCUT2D eigenvalue weighted by atomic mass is 10.1. The zero-order valence-electron chi connectivity index (χ0n) is 11.2. The zero-order chi connectivity index (χ0) is 13.0. The maximum Gasteiger partial charge on any atom is 0.127 e. The van der Waals surface area contributed by atoms with Crippen molar-refractivity contribution in [3.8, 4) is 5.75 Å². The number of nitrogens with zero attached hydrogens (tertiary/aromatic N) is 1. The van der Waals surface area contributed by atoms with Crippen molar-refractivity contribution in [2.75, 3.05) is 27.2 Å². The van der Waals surface area contributed by atoms with Gasteiger partial charge in [-0.15, -0.1) is 12.4 Å². The predicted octanol–water partition coefficient (Wildman–Crippen LogP) is 2.56. The summed E-state index contributed by atoms with van der Waals surface area (Å²) in [6.45, 7) is 0.914. The van der Waals surface area contributed by atoms with Gasteiger partial charge in [0.05, 0.1) is 0 Å². The van der Waals surface area contributed by atoms with Crippen molar-refractivity contribution in [3.05, 3.63) is 42.5 Å². The monoisotopic (exact) mass is 281 g/mol. The molecule has 1 N–H and O–H groups in total. The Morgan fingerprint density at radius 1 is 1.11 bits per heavy atom. The molecule has 2 aromatic rings. The second-order valence-corrected chi connectivity index (χ2v) is 4.70. The van der Waals surface area contributed by atoms with Gasteiger partial charge in [0.1, 0.15) is 18.5 Å². The first kappa shape index (κ1) is 15.8. The Morgan fingerprint density at radius 2 is 1.79 bits per heavy atom. The van der Waals surface area contributed by atoms with Gasteiger partial charge in [-0.1, -0.05) is 36.4 Å². The van der Waals surface area contributed by atoms with Crippen molar-refractivity contribution in [1.82, 2.24) is 4.90 Å². The Kier molecular flexibility index (Phi) is 6.09. The van der Waals surface area contributed by atoms with Crippen LogP contribution in [-0.4, -0.2) is 43.4 Å². The number of halogens is 1. The summed E-state index contributed by atoms with van der Waals surface area (Å²) in [5.41, 5.74) is 0. The molecule has 4 heteroatoms. The highest BCUT2D eigenvalue weighted by Gasteiger charge is 2.08. The van der Waals surface area contributed by atoms with Gasteiger partial charge in [0, 0.05) is 11.9 Å². The summed E-state index contributed by atoms with van der Waals surface area (Å²) >= 11 is 0. The lowest BCUT2D eigenvalue weighted by Gasteiger charge is -2.17. The van der Waals surface area contributed by atoms with Crippen molar-refractivity contribution in [1.29, 1.82) is 0 Å². The summed E-state index contributed by atoms with van der Waals surface area (Å²) in [5.74, 6) is 0.825. The van der Waals surface area contributed by atoms with Crippen LogP contribution in [0.3, 0.4) is 0 Å². The Balaban J connectivity index is 0.00000180. The first-order valence-electron chi connectivity index (χ1n) is 6.10. The standard InChI is InChI=1S/C15H19NO2.ClH/c1-16(2)10-13(17)11-18-15-9-5-7-12-6-3-4-8-14(12)15;/h3-9,13,17H,10-11H2,1-2H3;1H. The van der Waals surface area contributed by atoms with Gasteiger partial charge in [-0.05, 0) is 25.5 Å². The molecule has 1 unspecified atom stereocenters. The number of hydrogen-bond donors (Lipinski definition) is 1. The van der Waals surface area contributed by atoms with Gasteiger partial charge >= 0.3 is 0 Å². The van der Waals surface area contributed by atoms with Crippen LogP contribution in [0.1, 0.15) is 0 Å². The molecule has 104 valence electrons. The minimum absolute atomic E-state index is 0. The lowest BCUT2D eigenvalue weighted by Crippen LogP contribution is -2.30. The number of likely N-dealkylation sites (N-methyl/N-ethyl adjacent to an activating group) is 1. The normalized spacial score (nSPS) is 12.2. The molecule has 0 fully saturated rings. The van der Waals surface area contributed by atoms with Gasteiger partial charge in [-0.3, -0.25) is 0 Å². The average Bonchev–Trinajstić information content (AvgIpc) is 2.35. The van der Waals surface area contributed by atoms with E-state index in [1.807, 2.05) is 49.3 Å². The van der Waals surface area contributed by atoms with Crippen LogP contribution in [0.5, 0.6) is 5.75 Å². The minimum atomic E-state index is -0.473. The minimum Gasteiger partial charge on any atom is -0.490 e. The van der Waals surface area contributed by atoms with E-state index in [9.17, 15) is 5.11 Å². The summed E-state index contributed by atoms with van der Waals surface area (Å²) in [7, 11) is 3.86. The van der Waals surface area contributed by atoms with E-state index in [-0.39, 0.29) is 12.4 Å². The highest BCUT2D eigenvalue weighted by molar-refractivity contribution is 5.88. The highest BCUT2D eigenvalue weighted by atomic mass is 35.5. The van der Waals surface area contributed by atoms with Crippen molar-refractivity contribution < 1.29 is 9.84 Å². The van der Waals surface area contributed by atoms with E-state index >= 15 is 0 Å². The molecular weight excluding hydrogens is 262 g/mol. The molecule has 0 aliphatic heterocycles. The lowest BCUT2D eigenvalue weighted by molar-refractivity contribution is 0.0838. The number of hydrogen-bond acceptors (Lipinski definition) is 3. The fourth-order valence-corrected chi connectivity index (χ4v) is 1.98. The number of benzene rings is 2. The number of fused-ring (bicyclic) bond motifs is 1. The molecular formula is C15H20ClNO2. The number of aliphatic hydroxyl groups is 1. The van der Waals surface area contributed by atoms with E-state index < -0.39 is 6.10 Å². The summed E-state index contributed by atoms with van der Waals surface area (Å²) in [6, 6.07) is 14.0. The van der Waals surface area contributed by atoms with Crippen LogP contribution in [0.4, 0.5) is 0 Å². The zero-order valence-corrected chi connectivity index (χ0v) is 12.1. The molecule has 0 bridgehead atoms. The summed E-state index contributed by atoms with van der Waals surface area (Å²) in [4.78, 5) is 1.94. The summed E-state index contributed by atoms with van der Waals surface area (Å²) in [6.07, 6.45) is -0.473. The molecule has 0 saturated heterocycles. The molecule has 0 aliphatic rings. The van der Waals surface area contributed by atoms with Crippen LogP contribution in [0, 0.1) is 0 Å². The van der Waals surface area contributed by atoms with Crippen LogP contribution < -0.4 is 4.74 Å². The van der Waals surface area contributed by atoms with Crippen molar-refractivity contribution in [2.45, 2.75) is 6.10 Å². The Hall–Kier alpha value is -1.29. The summed E-state index contributed by atoms with van der Waals surface area (Å²) < 4.78 is 5.71. The van der Waals surface area contributed by atoms with Crippen LogP contribution in [0.25, 0.3) is 10.8 Å². The average molecular weight is 282 g/mol. The van der Waals surface area contributed by atoms with Crippen LogP contribution in [-0.2, 0) is 0 Å². The molecule has 2 aromatic carbocycles. The largest absolute Gasteiger partial charge is 0.490 e. The van der Waals surface area contributed by atoms with E-state index in [0.717, 1.165) is 16.5 Å². The maximum atomic E-state index is 9.79. The van der Waals surface area contributed by atoms with Gasteiger partial charge < -0.3 is 14.7 Å². The molecule has 0 radical (unpaired) electrons. The van der Waals surface area contributed by atoms with Gasteiger partial charge in [0.2, 0.25) is 0 Å². The molecule has 0 amide bonds. The molecule has 2 rings (SSSR count). The van der Waals surface area contributed by atoms with E-state index in [4.69, 9.17) is 4.74 Å². The quantitative estimate of drug-likeness (QED) is 0.914. The molecule has 3 nitrogen and oxygen atoms in total.